The Bertz CT molecular complexity index is 744. The van der Waals surface area contributed by atoms with Gasteiger partial charge < -0.3 is 16.0 Å². The summed E-state index contributed by atoms with van der Waals surface area (Å²) in [6.07, 6.45) is -1.53. The van der Waals surface area contributed by atoms with E-state index in [1.807, 2.05) is 0 Å². The van der Waals surface area contributed by atoms with Crippen LogP contribution in [0.4, 0.5) is 23.7 Å². The van der Waals surface area contributed by atoms with E-state index in [0.29, 0.717) is 0 Å². The minimum Gasteiger partial charge on any atom is -0.355 e. The van der Waals surface area contributed by atoms with E-state index in [-0.39, 0.29) is 30.4 Å². The van der Waals surface area contributed by atoms with Crippen molar-refractivity contribution in [3.63, 3.8) is 0 Å². The quantitative estimate of drug-likeness (QED) is 0.718. The third kappa shape index (κ3) is 5.23. The van der Waals surface area contributed by atoms with Crippen LogP contribution in [-0.4, -0.2) is 34.8 Å². The van der Waals surface area contributed by atoms with Crippen molar-refractivity contribution >= 4 is 17.6 Å². The lowest BCUT2D eigenvalue weighted by Crippen LogP contribution is -2.36. The molecule has 7 nitrogen and oxygen atoms in total. The molecule has 3 N–H and O–H groups in total. The third-order valence-electron chi connectivity index (χ3n) is 3.11. The summed E-state index contributed by atoms with van der Waals surface area (Å²) < 4.78 is 40.1. The highest BCUT2D eigenvalue weighted by atomic mass is 19.4. The molecule has 0 aliphatic carbocycles. The lowest BCUT2D eigenvalue weighted by molar-refractivity contribution is -0.137. The van der Waals surface area contributed by atoms with Crippen LogP contribution >= 0.6 is 0 Å². The van der Waals surface area contributed by atoms with Crippen LogP contribution in [-0.2, 0) is 11.0 Å². The van der Waals surface area contributed by atoms with E-state index in [1.165, 1.54) is 23.9 Å². The first kappa shape index (κ1) is 18.3. The second-order valence-electron chi connectivity index (χ2n) is 5.04. The molecule has 1 heterocycles. The molecule has 0 spiro atoms. The molecular weight excluding hydrogens is 339 g/mol. The molecule has 10 heteroatoms. The Labute approximate surface area is 141 Å². The Morgan fingerprint density at radius 1 is 1.20 bits per heavy atom. The van der Waals surface area contributed by atoms with Crippen molar-refractivity contribution < 1.29 is 22.8 Å². The Balaban J connectivity index is 2.16. The molecule has 0 atom stereocenters. The molecule has 0 unspecified atom stereocenters. The summed E-state index contributed by atoms with van der Waals surface area (Å²) in [5.41, 5.74) is -0.650. The van der Waals surface area contributed by atoms with Crippen molar-refractivity contribution in [3.8, 4) is 5.69 Å². The largest absolute Gasteiger partial charge is 0.416 e. The van der Waals surface area contributed by atoms with Gasteiger partial charge in [-0.25, -0.2) is 9.48 Å². The number of hydrogen-bond donors (Lipinski definition) is 3. The summed E-state index contributed by atoms with van der Waals surface area (Å²) in [4.78, 5) is 22.6. The summed E-state index contributed by atoms with van der Waals surface area (Å²) in [7, 11) is 0. The average molecular weight is 355 g/mol. The first-order valence-electron chi connectivity index (χ1n) is 7.28. The van der Waals surface area contributed by atoms with E-state index < -0.39 is 17.8 Å². The van der Waals surface area contributed by atoms with Crippen LogP contribution in [0.3, 0.4) is 0 Å². The Kier molecular flexibility index (Phi) is 5.63. The van der Waals surface area contributed by atoms with Crippen LogP contribution in [0, 0.1) is 0 Å². The average Bonchev–Trinajstić information content (AvgIpc) is 3.04. The predicted molar refractivity (Wildman–Crippen MR) is 84.3 cm³/mol. The Morgan fingerprint density at radius 2 is 1.92 bits per heavy atom. The van der Waals surface area contributed by atoms with Gasteiger partial charge in [0.05, 0.1) is 16.9 Å². The summed E-state index contributed by atoms with van der Waals surface area (Å²) in [5, 5.41) is 11.3. The van der Waals surface area contributed by atoms with Gasteiger partial charge in [0.15, 0.2) is 0 Å². The number of aromatic nitrogens is 2. The first-order chi connectivity index (χ1) is 11.8. The fraction of sp³-hybridized carbons (Fsp3) is 0.267. The smallest absolute Gasteiger partial charge is 0.355 e. The van der Waals surface area contributed by atoms with Crippen LogP contribution in [0.5, 0.6) is 0 Å². The van der Waals surface area contributed by atoms with Gasteiger partial charge in [-0.2, -0.15) is 18.3 Å². The van der Waals surface area contributed by atoms with Crippen molar-refractivity contribution in [1.82, 2.24) is 20.4 Å². The van der Waals surface area contributed by atoms with Crippen molar-refractivity contribution in [2.45, 2.75) is 13.1 Å². The molecule has 1 aromatic heterocycles. The van der Waals surface area contributed by atoms with E-state index in [2.05, 4.69) is 21.0 Å². The van der Waals surface area contributed by atoms with Gasteiger partial charge in [-0.3, -0.25) is 4.79 Å². The molecule has 2 rings (SSSR count). The van der Waals surface area contributed by atoms with Gasteiger partial charge in [-0.05, 0) is 24.3 Å². The molecule has 0 radical (unpaired) electrons. The number of urea groups is 1. The summed E-state index contributed by atoms with van der Waals surface area (Å²) in [5.74, 6) is -0.249. The summed E-state index contributed by atoms with van der Waals surface area (Å²) >= 11 is 0. The number of nitrogens with zero attached hydrogens (tertiary/aromatic N) is 2. The van der Waals surface area contributed by atoms with E-state index in [4.69, 9.17) is 0 Å². The Hall–Kier alpha value is -3.04. The van der Waals surface area contributed by atoms with Gasteiger partial charge in [0.2, 0.25) is 5.91 Å². The molecule has 0 aliphatic heterocycles. The topological polar surface area (TPSA) is 88.0 Å². The minimum atomic E-state index is -4.54. The number of nitrogens with one attached hydrogen (secondary N) is 3. The summed E-state index contributed by atoms with van der Waals surface area (Å²) in [6.45, 7) is 1.66. The van der Waals surface area contributed by atoms with Crippen molar-refractivity contribution in [3.05, 3.63) is 42.2 Å². The lowest BCUT2D eigenvalue weighted by atomic mass is 10.1. The monoisotopic (exact) mass is 355 g/mol. The van der Waals surface area contributed by atoms with Gasteiger partial charge in [0, 0.05) is 32.4 Å². The molecule has 2 aromatic rings. The van der Waals surface area contributed by atoms with E-state index in [0.717, 1.165) is 12.1 Å². The lowest BCUT2D eigenvalue weighted by Gasteiger charge is -2.15. The van der Waals surface area contributed by atoms with Crippen LogP contribution in [0.15, 0.2) is 36.7 Å². The number of amides is 3. The standard InChI is InChI=1S/C15H16F3N5O2/c1-10(24)19-6-7-20-14(25)22-12-9-11(15(16,17)18)3-4-13(12)23-8-2-5-21-23/h2-5,8-9H,6-7H2,1H3,(H,19,24)(H2,20,22,25). The fourth-order valence-corrected chi connectivity index (χ4v) is 2.00. The van der Waals surface area contributed by atoms with Crippen molar-refractivity contribution in [1.29, 1.82) is 0 Å². The molecule has 0 fully saturated rings. The first-order valence-corrected chi connectivity index (χ1v) is 7.28. The molecule has 0 saturated carbocycles. The number of rotatable bonds is 5. The van der Waals surface area contributed by atoms with Crippen LogP contribution < -0.4 is 16.0 Å². The molecular formula is C15H16F3N5O2. The number of hydrogen-bond acceptors (Lipinski definition) is 3. The third-order valence-corrected chi connectivity index (χ3v) is 3.11. The number of carbonyl (C=O) groups excluding carboxylic acids is 2. The van der Waals surface area contributed by atoms with Gasteiger partial charge in [0.1, 0.15) is 0 Å². The zero-order valence-electron chi connectivity index (χ0n) is 13.2. The van der Waals surface area contributed by atoms with Crippen molar-refractivity contribution in [2.75, 3.05) is 18.4 Å². The number of carbonyl (C=O) groups is 2. The van der Waals surface area contributed by atoms with Crippen LogP contribution in [0.1, 0.15) is 12.5 Å². The summed E-state index contributed by atoms with van der Waals surface area (Å²) in [6, 6.07) is 3.89. The fourth-order valence-electron chi connectivity index (χ4n) is 2.00. The maximum Gasteiger partial charge on any atom is 0.416 e. The number of alkyl halides is 3. The maximum atomic E-state index is 12.9. The highest BCUT2D eigenvalue weighted by molar-refractivity contribution is 5.91. The van der Waals surface area contributed by atoms with E-state index in [1.54, 1.807) is 12.3 Å². The minimum absolute atomic E-state index is 0.0458. The second-order valence-corrected chi connectivity index (χ2v) is 5.04. The highest BCUT2D eigenvalue weighted by Gasteiger charge is 2.31. The molecule has 0 saturated heterocycles. The Morgan fingerprint density at radius 3 is 2.52 bits per heavy atom. The molecule has 1 aromatic carbocycles. The normalized spacial score (nSPS) is 11.0. The van der Waals surface area contributed by atoms with Crippen LogP contribution in [0.2, 0.25) is 0 Å². The molecule has 0 aliphatic rings. The number of anilines is 1. The SMILES string of the molecule is CC(=O)NCCNC(=O)Nc1cc(C(F)(F)F)ccc1-n1cccn1. The molecule has 25 heavy (non-hydrogen) atoms. The van der Waals surface area contributed by atoms with E-state index >= 15 is 0 Å². The highest BCUT2D eigenvalue weighted by Crippen LogP contribution is 2.33. The maximum absolute atomic E-state index is 12.9. The zero-order valence-corrected chi connectivity index (χ0v) is 13.2. The van der Waals surface area contributed by atoms with Gasteiger partial charge in [-0.1, -0.05) is 0 Å². The van der Waals surface area contributed by atoms with Crippen molar-refractivity contribution in [2.24, 2.45) is 0 Å². The van der Waals surface area contributed by atoms with Gasteiger partial charge in [-0.15, -0.1) is 0 Å². The van der Waals surface area contributed by atoms with Crippen LogP contribution in [0.25, 0.3) is 5.69 Å². The molecule has 3 amide bonds. The van der Waals surface area contributed by atoms with E-state index in [9.17, 15) is 22.8 Å². The number of benzene rings is 1. The van der Waals surface area contributed by atoms with Gasteiger partial charge >= 0.3 is 12.2 Å². The predicted octanol–water partition coefficient (Wildman–Crippen LogP) is 2.15. The molecule has 0 bridgehead atoms. The zero-order chi connectivity index (χ0) is 18.4. The number of halogens is 3. The molecule has 134 valence electrons. The van der Waals surface area contributed by atoms with Gasteiger partial charge in [0.25, 0.3) is 0 Å². The second kappa shape index (κ2) is 7.69.